The number of carbonyl (C=O) groups excluding carboxylic acids is 1. The summed E-state index contributed by atoms with van der Waals surface area (Å²) in [5.41, 5.74) is 3.55. The molecule has 1 aromatic carbocycles. The molecular formula is C27H29N5O4S2. The van der Waals surface area contributed by atoms with Gasteiger partial charge in [0.1, 0.15) is 5.75 Å². The zero-order valence-electron chi connectivity index (χ0n) is 21.3. The van der Waals surface area contributed by atoms with Crippen LogP contribution in [0.5, 0.6) is 5.75 Å². The van der Waals surface area contributed by atoms with E-state index in [0.717, 1.165) is 16.3 Å². The number of aromatic nitrogens is 3. The molecule has 6 rings (SSSR count). The van der Waals surface area contributed by atoms with Crippen LogP contribution in [0.1, 0.15) is 28.5 Å². The van der Waals surface area contributed by atoms with Gasteiger partial charge in [-0.1, -0.05) is 18.2 Å². The lowest BCUT2D eigenvalue weighted by atomic mass is 10.1. The molecular weight excluding hydrogens is 522 g/mol. The number of piperazine rings is 1. The molecule has 5 heterocycles. The molecule has 2 fully saturated rings. The predicted molar refractivity (Wildman–Crippen MR) is 149 cm³/mol. The van der Waals surface area contributed by atoms with Gasteiger partial charge in [-0.25, -0.2) is 18.1 Å². The Kier molecular flexibility index (Phi) is 6.35. The summed E-state index contributed by atoms with van der Waals surface area (Å²) in [6.07, 6.45) is 0.498. The summed E-state index contributed by atoms with van der Waals surface area (Å²) in [6.45, 7) is 4.39. The number of thiophene rings is 1. The second-order valence-corrected chi connectivity index (χ2v) is 12.9. The van der Waals surface area contributed by atoms with Crippen LogP contribution in [0.3, 0.4) is 0 Å². The topological polar surface area (TPSA) is 97.6 Å². The minimum absolute atomic E-state index is 0.0440. The number of pyridine rings is 1. The number of carbonyl (C=O) groups is 1. The van der Waals surface area contributed by atoms with Crippen LogP contribution in [0, 0.1) is 6.92 Å². The zero-order valence-corrected chi connectivity index (χ0v) is 23.0. The van der Waals surface area contributed by atoms with Gasteiger partial charge < -0.3 is 14.5 Å². The normalized spacial score (nSPS) is 19.3. The number of para-hydroxylation sites is 2. The highest BCUT2D eigenvalue weighted by molar-refractivity contribution is 7.91. The molecule has 0 saturated carbocycles. The number of fused-ring (bicyclic) bond motifs is 1. The van der Waals surface area contributed by atoms with E-state index in [-0.39, 0.29) is 23.5 Å². The van der Waals surface area contributed by atoms with Crippen molar-refractivity contribution in [1.82, 2.24) is 19.7 Å². The lowest BCUT2D eigenvalue weighted by Gasteiger charge is -2.36. The third-order valence-electron chi connectivity index (χ3n) is 7.39. The average molecular weight is 552 g/mol. The average Bonchev–Trinajstić information content (AvgIpc) is 3.67. The van der Waals surface area contributed by atoms with Crippen molar-refractivity contribution in [2.45, 2.75) is 19.4 Å². The number of amides is 1. The van der Waals surface area contributed by atoms with Gasteiger partial charge in [-0.2, -0.15) is 5.10 Å². The number of hydrogen-bond acceptors (Lipinski definition) is 8. The van der Waals surface area contributed by atoms with E-state index in [2.05, 4.69) is 4.90 Å². The number of nitrogens with zero attached hydrogens (tertiary/aromatic N) is 5. The lowest BCUT2D eigenvalue weighted by molar-refractivity contribution is 0.0748. The highest BCUT2D eigenvalue weighted by Gasteiger charge is 2.33. The van der Waals surface area contributed by atoms with Gasteiger partial charge in [-0.05, 0) is 43.0 Å². The Labute approximate surface area is 225 Å². The van der Waals surface area contributed by atoms with E-state index in [1.165, 1.54) is 0 Å². The van der Waals surface area contributed by atoms with E-state index in [9.17, 15) is 13.2 Å². The largest absolute Gasteiger partial charge is 0.495 e. The van der Waals surface area contributed by atoms with Gasteiger partial charge in [0, 0.05) is 26.2 Å². The monoisotopic (exact) mass is 551 g/mol. The summed E-state index contributed by atoms with van der Waals surface area (Å²) in [7, 11) is -1.44. The SMILES string of the molecule is COc1ccccc1N1CCN(C(=O)c2cc(-c3cccs3)nc3c2c(C)nn3C2CCS(=O)(=O)C2)CC1. The maximum Gasteiger partial charge on any atom is 0.254 e. The van der Waals surface area contributed by atoms with Crippen molar-refractivity contribution >= 4 is 43.8 Å². The first kappa shape index (κ1) is 24.9. The molecule has 4 aromatic rings. The molecule has 11 heteroatoms. The van der Waals surface area contributed by atoms with Gasteiger partial charge >= 0.3 is 0 Å². The maximum absolute atomic E-state index is 14.0. The number of aryl methyl sites for hydroxylation is 1. The zero-order chi connectivity index (χ0) is 26.4. The van der Waals surface area contributed by atoms with Crippen LogP contribution in [0.2, 0.25) is 0 Å². The predicted octanol–water partition coefficient (Wildman–Crippen LogP) is 3.80. The van der Waals surface area contributed by atoms with E-state index in [4.69, 9.17) is 14.8 Å². The minimum atomic E-state index is -3.11. The molecule has 1 atom stereocenters. The van der Waals surface area contributed by atoms with E-state index >= 15 is 0 Å². The molecule has 2 aliphatic rings. The Bertz CT molecular complexity index is 1610. The van der Waals surface area contributed by atoms with E-state index in [0.29, 0.717) is 60.6 Å². The van der Waals surface area contributed by atoms with Crippen LogP contribution in [-0.2, 0) is 9.84 Å². The molecule has 198 valence electrons. The van der Waals surface area contributed by atoms with Crippen molar-refractivity contribution in [3.05, 3.63) is 59.1 Å². The van der Waals surface area contributed by atoms with Gasteiger partial charge in [-0.15, -0.1) is 11.3 Å². The molecule has 2 saturated heterocycles. The lowest BCUT2D eigenvalue weighted by Crippen LogP contribution is -2.49. The number of rotatable bonds is 5. The molecule has 0 bridgehead atoms. The van der Waals surface area contributed by atoms with Crippen LogP contribution in [0.4, 0.5) is 5.69 Å². The summed E-state index contributed by atoms with van der Waals surface area (Å²) < 4.78 is 31.7. The van der Waals surface area contributed by atoms with Crippen molar-refractivity contribution in [2.75, 3.05) is 49.7 Å². The number of methoxy groups -OCH3 is 1. The fourth-order valence-electron chi connectivity index (χ4n) is 5.47. The number of anilines is 1. The first-order valence-electron chi connectivity index (χ1n) is 12.7. The third-order valence-corrected chi connectivity index (χ3v) is 10.0. The number of sulfone groups is 1. The number of ether oxygens (including phenoxy) is 1. The molecule has 0 spiro atoms. The quantitative estimate of drug-likeness (QED) is 0.372. The maximum atomic E-state index is 14.0. The van der Waals surface area contributed by atoms with Crippen LogP contribution in [0.25, 0.3) is 21.6 Å². The van der Waals surface area contributed by atoms with Crippen LogP contribution >= 0.6 is 11.3 Å². The Balaban J connectivity index is 1.36. The van der Waals surface area contributed by atoms with Crippen LogP contribution in [-0.4, -0.2) is 78.8 Å². The van der Waals surface area contributed by atoms with E-state index in [1.807, 2.05) is 59.7 Å². The number of benzene rings is 1. The van der Waals surface area contributed by atoms with Crippen molar-refractivity contribution < 1.29 is 17.9 Å². The second kappa shape index (κ2) is 9.70. The second-order valence-electron chi connectivity index (χ2n) is 9.77. The fourth-order valence-corrected chi connectivity index (χ4v) is 7.85. The van der Waals surface area contributed by atoms with E-state index in [1.54, 1.807) is 23.1 Å². The summed E-state index contributed by atoms with van der Waals surface area (Å²) in [6, 6.07) is 13.4. The van der Waals surface area contributed by atoms with Gasteiger partial charge in [0.2, 0.25) is 0 Å². The fraction of sp³-hybridized carbons (Fsp3) is 0.370. The van der Waals surface area contributed by atoms with E-state index < -0.39 is 9.84 Å². The summed E-state index contributed by atoms with van der Waals surface area (Å²) in [4.78, 5) is 24.0. The number of hydrogen-bond donors (Lipinski definition) is 0. The molecule has 2 aliphatic heterocycles. The summed E-state index contributed by atoms with van der Waals surface area (Å²) in [5.74, 6) is 0.949. The molecule has 1 amide bonds. The molecule has 1 unspecified atom stereocenters. The molecule has 9 nitrogen and oxygen atoms in total. The standard InChI is InChI=1S/C27H29N5O4S2/c1-18-25-20(27(33)31-12-10-30(11-13-31)22-6-3-4-7-23(22)36-2)16-21(24-8-5-14-37-24)28-26(25)32(29-18)19-9-15-38(34,35)17-19/h3-8,14,16,19H,9-13,15,17H2,1-2H3. The van der Waals surface area contributed by atoms with Gasteiger partial charge in [-0.3, -0.25) is 4.79 Å². The molecule has 0 aliphatic carbocycles. The third kappa shape index (κ3) is 4.43. The Morgan fingerprint density at radius 2 is 1.89 bits per heavy atom. The van der Waals surface area contributed by atoms with Crippen LogP contribution < -0.4 is 9.64 Å². The Hall–Kier alpha value is -3.44. The first-order chi connectivity index (χ1) is 18.3. The van der Waals surface area contributed by atoms with Crippen molar-refractivity contribution in [2.24, 2.45) is 0 Å². The first-order valence-corrected chi connectivity index (χ1v) is 15.4. The summed E-state index contributed by atoms with van der Waals surface area (Å²) in [5, 5.41) is 7.40. The molecule has 3 aromatic heterocycles. The Morgan fingerprint density at radius 1 is 1.11 bits per heavy atom. The van der Waals surface area contributed by atoms with Gasteiger partial charge in [0.25, 0.3) is 5.91 Å². The van der Waals surface area contributed by atoms with Gasteiger partial charge in [0.05, 0.1) is 57.6 Å². The highest BCUT2D eigenvalue weighted by Crippen LogP contribution is 2.34. The minimum Gasteiger partial charge on any atom is -0.495 e. The summed E-state index contributed by atoms with van der Waals surface area (Å²) >= 11 is 1.56. The highest BCUT2D eigenvalue weighted by atomic mass is 32.2. The van der Waals surface area contributed by atoms with Crippen molar-refractivity contribution in [1.29, 1.82) is 0 Å². The molecule has 0 N–H and O–H groups in total. The van der Waals surface area contributed by atoms with Crippen LogP contribution in [0.15, 0.2) is 47.8 Å². The van der Waals surface area contributed by atoms with Gasteiger partial charge in [0.15, 0.2) is 15.5 Å². The Morgan fingerprint density at radius 3 is 2.58 bits per heavy atom. The van der Waals surface area contributed by atoms with Crippen molar-refractivity contribution in [3.63, 3.8) is 0 Å². The smallest absolute Gasteiger partial charge is 0.254 e. The molecule has 38 heavy (non-hydrogen) atoms. The molecule has 0 radical (unpaired) electrons. The van der Waals surface area contributed by atoms with Crippen molar-refractivity contribution in [3.8, 4) is 16.3 Å².